The third-order valence-electron chi connectivity index (χ3n) is 6.00. The molecule has 9 nitrogen and oxygen atoms in total. The van der Waals surface area contributed by atoms with Crippen LogP contribution in [0.3, 0.4) is 0 Å². The first-order chi connectivity index (χ1) is 16.8. The van der Waals surface area contributed by atoms with Crippen LogP contribution in [0.1, 0.15) is 53.5 Å². The number of carbonyl (C=O) groups excluding carboxylic acids is 2. The zero-order chi connectivity index (χ0) is 25.0. The Morgan fingerprint density at radius 1 is 1.20 bits per heavy atom. The van der Waals surface area contributed by atoms with Crippen molar-refractivity contribution in [2.75, 3.05) is 19.0 Å². The molecule has 35 heavy (non-hydrogen) atoms. The molecule has 0 saturated heterocycles. The second-order valence-electron chi connectivity index (χ2n) is 8.55. The van der Waals surface area contributed by atoms with Gasteiger partial charge in [0.25, 0.3) is 0 Å². The minimum absolute atomic E-state index is 0.173. The van der Waals surface area contributed by atoms with Crippen LogP contribution >= 0.6 is 11.3 Å². The van der Waals surface area contributed by atoms with E-state index in [4.69, 9.17) is 14.5 Å². The highest BCUT2D eigenvalue weighted by atomic mass is 32.1. The van der Waals surface area contributed by atoms with Crippen LogP contribution in [0.25, 0.3) is 10.6 Å². The molecule has 0 radical (unpaired) electrons. The number of hydrogen-bond donors (Lipinski definition) is 2. The van der Waals surface area contributed by atoms with Gasteiger partial charge >= 0.3 is 11.9 Å². The Morgan fingerprint density at radius 2 is 1.97 bits per heavy atom. The van der Waals surface area contributed by atoms with Crippen LogP contribution in [-0.2, 0) is 19.9 Å². The van der Waals surface area contributed by atoms with Gasteiger partial charge in [-0.05, 0) is 69.4 Å². The number of aromatic nitrogens is 3. The fourth-order valence-electron chi connectivity index (χ4n) is 4.15. The molecule has 3 heterocycles. The Kier molecular flexibility index (Phi) is 7.42. The lowest BCUT2D eigenvalue weighted by Crippen LogP contribution is -2.34. The summed E-state index contributed by atoms with van der Waals surface area (Å²) in [4.78, 5) is 38.1. The Bertz CT molecular complexity index is 1220. The first kappa shape index (κ1) is 24.7. The van der Waals surface area contributed by atoms with Gasteiger partial charge in [0.05, 0.1) is 35.8 Å². The number of rotatable bonds is 7. The minimum Gasteiger partial charge on any atom is -0.466 e. The molecule has 3 aromatic rings. The van der Waals surface area contributed by atoms with Crippen LogP contribution in [0, 0.1) is 12.8 Å². The molecule has 3 aromatic heterocycles. The van der Waals surface area contributed by atoms with Gasteiger partial charge in [-0.3, -0.25) is 4.79 Å². The maximum absolute atomic E-state index is 12.0. The number of thiazole rings is 1. The largest absolute Gasteiger partial charge is 0.466 e. The lowest BCUT2D eigenvalue weighted by molar-refractivity contribution is -0.151. The molecule has 1 saturated carbocycles. The van der Waals surface area contributed by atoms with Gasteiger partial charge in [-0.2, -0.15) is 0 Å². The van der Waals surface area contributed by atoms with Gasteiger partial charge in [-0.15, -0.1) is 11.3 Å². The number of aryl methyl sites for hydroxylation is 1. The van der Waals surface area contributed by atoms with Crippen molar-refractivity contribution in [2.45, 2.75) is 45.1 Å². The molecule has 4 rings (SSSR count). The maximum atomic E-state index is 12.0. The molecule has 2 N–H and O–H groups in total. The topological polar surface area (TPSA) is 124 Å². The quantitative estimate of drug-likeness (QED) is 0.459. The highest BCUT2D eigenvalue weighted by Gasteiger charge is 2.39. The smallest absolute Gasteiger partial charge is 0.338 e. The number of hydrogen-bond acceptors (Lipinski definition) is 10. The summed E-state index contributed by atoms with van der Waals surface area (Å²) in [7, 11) is 1.33. The number of anilines is 2. The number of esters is 2. The van der Waals surface area contributed by atoms with Crippen molar-refractivity contribution in [3.8, 4) is 10.6 Å². The third-order valence-corrected chi connectivity index (χ3v) is 7.21. The SMILES string of the molecule is CCOC(=O)[C@H]1CC[C@](O)(c2ncc(-c3cc(C)cc(Nc4cc(C(=O)OC)ccn4)n3)s2)CC1. The van der Waals surface area contributed by atoms with Crippen LogP contribution in [-0.4, -0.2) is 45.7 Å². The van der Waals surface area contributed by atoms with Crippen LogP contribution in [0.5, 0.6) is 0 Å². The number of nitrogens with zero attached hydrogens (tertiary/aromatic N) is 3. The molecule has 184 valence electrons. The van der Waals surface area contributed by atoms with Crippen LogP contribution in [0.15, 0.2) is 36.7 Å². The summed E-state index contributed by atoms with van der Waals surface area (Å²) < 4.78 is 9.90. The third kappa shape index (κ3) is 5.66. The summed E-state index contributed by atoms with van der Waals surface area (Å²) in [6, 6.07) is 7.00. The van der Waals surface area contributed by atoms with E-state index in [1.165, 1.54) is 24.6 Å². The Labute approximate surface area is 207 Å². The van der Waals surface area contributed by atoms with Gasteiger partial charge in [0.15, 0.2) is 0 Å². The second kappa shape index (κ2) is 10.5. The van der Waals surface area contributed by atoms with E-state index in [0.29, 0.717) is 60.2 Å². The summed E-state index contributed by atoms with van der Waals surface area (Å²) in [5.41, 5.74) is 1.01. The van der Waals surface area contributed by atoms with Crippen molar-refractivity contribution in [1.82, 2.24) is 15.0 Å². The summed E-state index contributed by atoms with van der Waals surface area (Å²) in [5, 5.41) is 15.0. The molecule has 0 amide bonds. The molecular formula is C25H28N4O5S. The van der Waals surface area contributed by atoms with Gasteiger partial charge in [0.2, 0.25) is 0 Å². The lowest BCUT2D eigenvalue weighted by atomic mass is 9.79. The monoisotopic (exact) mass is 496 g/mol. The van der Waals surface area contributed by atoms with E-state index in [0.717, 1.165) is 10.4 Å². The van der Waals surface area contributed by atoms with E-state index in [9.17, 15) is 14.7 Å². The average molecular weight is 497 g/mol. The maximum Gasteiger partial charge on any atom is 0.338 e. The molecule has 10 heteroatoms. The molecular weight excluding hydrogens is 468 g/mol. The number of aliphatic hydroxyl groups is 1. The Hall–Kier alpha value is -3.37. The molecule has 0 aliphatic heterocycles. The summed E-state index contributed by atoms with van der Waals surface area (Å²) in [6.45, 7) is 4.12. The second-order valence-corrected chi connectivity index (χ2v) is 9.58. The Balaban J connectivity index is 1.51. The van der Waals surface area contributed by atoms with Crippen molar-refractivity contribution in [2.24, 2.45) is 5.92 Å². The van der Waals surface area contributed by atoms with Crippen molar-refractivity contribution >= 4 is 34.9 Å². The zero-order valence-electron chi connectivity index (χ0n) is 19.9. The predicted octanol–water partition coefficient (Wildman–Crippen LogP) is 4.38. The predicted molar refractivity (Wildman–Crippen MR) is 131 cm³/mol. The normalized spacial score (nSPS) is 19.7. The number of methoxy groups -OCH3 is 1. The molecule has 0 bridgehead atoms. The van der Waals surface area contributed by atoms with Gasteiger partial charge in [0.1, 0.15) is 22.2 Å². The summed E-state index contributed by atoms with van der Waals surface area (Å²) in [6.07, 6.45) is 5.30. The van der Waals surface area contributed by atoms with Crippen molar-refractivity contribution in [3.05, 3.63) is 52.8 Å². The first-order valence-corrected chi connectivity index (χ1v) is 12.3. The molecule has 0 spiro atoms. The fourth-order valence-corrected chi connectivity index (χ4v) is 5.17. The number of ether oxygens (including phenoxy) is 2. The molecule has 1 aliphatic carbocycles. The first-order valence-electron chi connectivity index (χ1n) is 11.5. The summed E-state index contributed by atoms with van der Waals surface area (Å²) in [5.74, 6) is 0.227. The molecule has 0 aromatic carbocycles. The molecule has 0 atom stereocenters. The number of carbonyl (C=O) groups is 2. The van der Waals surface area contributed by atoms with Crippen molar-refractivity contribution in [3.63, 3.8) is 0 Å². The van der Waals surface area contributed by atoms with Gasteiger partial charge in [-0.25, -0.2) is 19.7 Å². The highest BCUT2D eigenvalue weighted by Crippen LogP contribution is 2.42. The average Bonchev–Trinajstić information content (AvgIpc) is 3.35. The van der Waals surface area contributed by atoms with Gasteiger partial charge < -0.3 is 19.9 Å². The van der Waals surface area contributed by atoms with Crippen molar-refractivity contribution in [1.29, 1.82) is 0 Å². The molecule has 1 aliphatic rings. The van der Waals surface area contributed by atoms with Gasteiger partial charge in [0, 0.05) is 12.4 Å². The summed E-state index contributed by atoms with van der Waals surface area (Å²) >= 11 is 1.40. The van der Waals surface area contributed by atoms with Crippen LogP contribution in [0.2, 0.25) is 0 Å². The van der Waals surface area contributed by atoms with E-state index in [-0.39, 0.29) is 11.9 Å². The van der Waals surface area contributed by atoms with E-state index < -0.39 is 11.6 Å². The van der Waals surface area contributed by atoms with Crippen LogP contribution in [0.4, 0.5) is 11.6 Å². The minimum atomic E-state index is -1.06. The molecule has 1 fully saturated rings. The van der Waals surface area contributed by atoms with Crippen molar-refractivity contribution < 1.29 is 24.2 Å². The van der Waals surface area contributed by atoms with Gasteiger partial charge in [-0.1, -0.05) is 0 Å². The van der Waals surface area contributed by atoms with E-state index in [1.54, 1.807) is 25.3 Å². The Morgan fingerprint density at radius 3 is 2.69 bits per heavy atom. The van der Waals surface area contributed by atoms with E-state index in [1.807, 2.05) is 19.1 Å². The highest BCUT2D eigenvalue weighted by molar-refractivity contribution is 7.15. The fraction of sp³-hybridized carbons (Fsp3) is 0.400. The van der Waals surface area contributed by atoms with Crippen LogP contribution < -0.4 is 5.32 Å². The van der Waals surface area contributed by atoms with E-state index >= 15 is 0 Å². The zero-order valence-corrected chi connectivity index (χ0v) is 20.7. The number of nitrogens with one attached hydrogen (secondary N) is 1. The van der Waals surface area contributed by atoms with E-state index in [2.05, 4.69) is 15.3 Å². The number of pyridine rings is 2. The standard InChI is InChI=1S/C25H28N4O5S/c1-4-34-23(31)16-5-8-25(32,9-6-16)24-27-14-19(35-24)18-11-15(2)12-21(28-18)29-20-13-17(7-10-26-20)22(30)33-3/h7,10-14,16,32H,4-6,8-9H2,1-3H3,(H,26,28,29)/t16-,25+. The molecule has 0 unspecified atom stereocenters. The lowest BCUT2D eigenvalue weighted by Gasteiger charge is -2.33.